The monoisotopic (exact) mass is 322 g/mol. The number of carbonyl (C=O) groups is 2. The Morgan fingerprint density at radius 3 is 1.22 bits per heavy atom. The van der Waals surface area contributed by atoms with Crippen LogP contribution in [-0.2, 0) is 9.59 Å². The number of hydrogen-bond donors (Lipinski definition) is 2. The highest BCUT2D eigenvalue weighted by Gasteiger charge is 1.90. The molecule has 0 unspecified atom stereocenters. The van der Waals surface area contributed by atoms with Crippen molar-refractivity contribution in [3.63, 3.8) is 0 Å². The summed E-state index contributed by atoms with van der Waals surface area (Å²) in [5.74, 6) is -1.74. The third-order valence-electron chi connectivity index (χ3n) is 3.42. The minimum atomic E-state index is -0.873. The summed E-state index contributed by atoms with van der Waals surface area (Å²) in [7, 11) is 0. The molecule has 0 aromatic carbocycles. The quantitative estimate of drug-likeness (QED) is 0.249. The lowest BCUT2D eigenvalue weighted by Crippen LogP contribution is -1.85. The van der Waals surface area contributed by atoms with Crippen LogP contribution in [0.4, 0.5) is 0 Å². The van der Waals surface area contributed by atoms with Gasteiger partial charge < -0.3 is 10.2 Å². The van der Waals surface area contributed by atoms with Crippen LogP contribution in [0.2, 0.25) is 0 Å². The fourth-order valence-electron chi connectivity index (χ4n) is 2.18. The van der Waals surface area contributed by atoms with Gasteiger partial charge in [0, 0.05) is 12.2 Å². The third kappa shape index (κ3) is 20.2. The highest BCUT2D eigenvalue weighted by atomic mass is 16.4. The maximum Gasteiger partial charge on any atom is 0.327 e. The molecule has 0 bridgehead atoms. The molecule has 0 heterocycles. The van der Waals surface area contributed by atoms with E-state index in [1.807, 2.05) is 0 Å². The van der Waals surface area contributed by atoms with E-state index < -0.39 is 11.9 Å². The predicted molar refractivity (Wildman–Crippen MR) is 93.5 cm³/mol. The van der Waals surface area contributed by atoms with Gasteiger partial charge in [0.25, 0.3) is 0 Å². The second kappa shape index (κ2) is 16.5. The van der Waals surface area contributed by atoms with Crippen molar-refractivity contribution in [2.75, 3.05) is 0 Å². The molecule has 4 heteroatoms. The number of carboxylic acid groups (broad SMARTS) is 2. The zero-order valence-corrected chi connectivity index (χ0v) is 14.0. The third-order valence-corrected chi connectivity index (χ3v) is 3.42. The normalized spacial score (nSPS) is 11.8. The van der Waals surface area contributed by atoms with E-state index in [9.17, 15) is 9.59 Å². The van der Waals surface area contributed by atoms with Crippen molar-refractivity contribution in [1.82, 2.24) is 0 Å². The lowest BCUT2D eigenvalue weighted by Gasteiger charge is -1.98. The summed E-state index contributed by atoms with van der Waals surface area (Å²) in [6.45, 7) is 0. The van der Waals surface area contributed by atoms with Crippen LogP contribution in [0.1, 0.15) is 70.6 Å². The Kier molecular flexibility index (Phi) is 15.2. The maximum atomic E-state index is 10.3. The molecule has 23 heavy (non-hydrogen) atoms. The van der Waals surface area contributed by atoms with Gasteiger partial charge in [-0.05, 0) is 51.4 Å². The minimum Gasteiger partial charge on any atom is -0.478 e. The smallest absolute Gasteiger partial charge is 0.327 e. The van der Waals surface area contributed by atoms with Crippen molar-refractivity contribution in [2.45, 2.75) is 70.6 Å². The maximum absolute atomic E-state index is 10.3. The van der Waals surface area contributed by atoms with Crippen LogP contribution in [0, 0.1) is 0 Å². The van der Waals surface area contributed by atoms with Gasteiger partial charge in [-0.25, -0.2) is 9.59 Å². The Bertz CT molecular complexity index is 394. The van der Waals surface area contributed by atoms with E-state index in [4.69, 9.17) is 10.2 Å². The van der Waals surface area contributed by atoms with E-state index in [1.165, 1.54) is 31.4 Å². The van der Waals surface area contributed by atoms with Gasteiger partial charge in [-0.2, -0.15) is 0 Å². The molecule has 0 radical (unpaired) electrons. The SMILES string of the molecule is O=C(O)C=CCCCCC=CCCCCCCCC=CC(=O)O. The number of carboxylic acids is 2. The molecule has 0 fully saturated rings. The summed E-state index contributed by atoms with van der Waals surface area (Å²) in [6.07, 6.45) is 22.2. The summed E-state index contributed by atoms with van der Waals surface area (Å²) < 4.78 is 0. The van der Waals surface area contributed by atoms with E-state index in [2.05, 4.69) is 12.2 Å². The number of aliphatic carboxylic acids is 2. The Labute approximate surface area is 139 Å². The van der Waals surface area contributed by atoms with E-state index >= 15 is 0 Å². The van der Waals surface area contributed by atoms with Crippen molar-refractivity contribution in [3.8, 4) is 0 Å². The van der Waals surface area contributed by atoms with Crippen LogP contribution >= 0.6 is 0 Å². The molecule has 0 saturated heterocycles. The molecule has 0 saturated carbocycles. The lowest BCUT2D eigenvalue weighted by atomic mass is 10.1. The van der Waals surface area contributed by atoms with Crippen LogP contribution in [0.15, 0.2) is 36.5 Å². The number of hydrogen-bond acceptors (Lipinski definition) is 2. The van der Waals surface area contributed by atoms with E-state index in [-0.39, 0.29) is 0 Å². The summed E-state index contributed by atoms with van der Waals surface area (Å²) in [5.41, 5.74) is 0. The number of allylic oxidation sites excluding steroid dienone is 4. The molecule has 0 aliphatic carbocycles. The number of rotatable bonds is 15. The first-order chi connectivity index (χ1) is 11.1. The average molecular weight is 322 g/mol. The molecule has 0 aliphatic heterocycles. The van der Waals surface area contributed by atoms with Crippen LogP contribution in [0.25, 0.3) is 0 Å². The molecular formula is C19H30O4. The second-order valence-electron chi connectivity index (χ2n) is 5.58. The zero-order valence-electron chi connectivity index (χ0n) is 14.0. The summed E-state index contributed by atoms with van der Waals surface area (Å²) >= 11 is 0. The van der Waals surface area contributed by atoms with Gasteiger partial charge in [0.05, 0.1) is 0 Å². The van der Waals surface area contributed by atoms with E-state index in [1.54, 1.807) is 12.2 Å². The van der Waals surface area contributed by atoms with Gasteiger partial charge in [-0.15, -0.1) is 0 Å². The number of unbranched alkanes of at least 4 members (excludes halogenated alkanes) is 9. The summed E-state index contributed by atoms with van der Waals surface area (Å²) in [4.78, 5) is 20.5. The van der Waals surface area contributed by atoms with E-state index in [0.29, 0.717) is 0 Å². The van der Waals surface area contributed by atoms with Crippen LogP contribution in [-0.4, -0.2) is 22.2 Å². The van der Waals surface area contributed by atoms with Crippen molar-refractivity contribution >= 4 is 11.9 Å². The topological polar surface area (TPSA) is 74.6 Å². The van der Waals surface area contributed by atoms with Crippen molar-refractivity contribution in [2.24, 2.45) is 0 Å². The Morgan fingerprint density at radius 1 is 0.522 bits per heavy atom. The van der Waals surface area contributed by atoms with Gasteiger partial charge in [-0.3, -0.25) is 0 Å². The molecule has 0 spiro atoms. The highest BCUT2D eigenvalue weighted by Crippen LogP contribution is 2.09. The summed E-state index contributed by atoms with van der Waals surface area (Å²) in [6, 6.07) is 0. The zero-order chi connectivity index (χ0) is 17.2. The molecular weight excluding hydrogens is 292 g/mol. The minimum absolute atomic E-state index is 0.835. The molecule has 0 rings (SSSR count). The van der Waals surface area contributed by atoms with Crippen molar-refractivity contribution < 1.29 is 19.8 Å². The Morgan fingerprint density at radius 2 is 0.826 bits per heavy atom. The lowest BCUT2D eigenvalue weighted by molar-refractivity contribution is -0.132. The van der Waals surface area contributed by atoms with Crippen molar-refractivity contribution in [1.29, 1.82) is 0 Å². The molecule has 2 N–H and O–H groups in total. The molecule has 0 aliphatic rings. The Hall–Kier alpha value is -1.84. The first-order valence-electron chi connectivity index (χ1n) is 8.57. The standard InChI is InChI=1S/C19H30O4/c20-18(21)16-14-12-10-8-6-4-2-1-3-5-7-9-11-13-15-17-19(22)23/h2,4,14-17H,1,3,5-13H2,(H,20,21)(H,22,23). The van der Waals surface area contributed by atoms with Gasteiger partial charge in [0.2, 0.25) is 0 Å². The fraction of sp³-hybridized carbons (Fsp3) is 0.579. The fourth-order valence-corrected chi connectivity index (χ4v) is 2.18. The van der Waals surface area contributed by atoms with Gasteiger partial charge in [-0.1, -0.05) is 43.6 Å². The van der Waals surface area contributed by atoms with Gasteiger partial charge >= 0.3 is 11.9 Å². The molecule has 0 atom stereocenters. The van der Waals surface area contributed by atoms with Gasteiger partial charge in [0.1, 0.15) is 0 Å². The molecule has 0 aromatic rings. The highest BCUT2D eigenvalue weighted by molar-refractivity contribution is 5.79. The molecule has 4 nitrogen and oxygen atoms in total. The first-order valence-corrected chi connectivity index (χ1v) is 8.57. The van der Waals surface area contributed by atoms with Crippen molar-refractivity contribution in [3.05, 3.63) is 36.5 Å². The second-order valence-corrected chi connectivity index (χ2v) is 5.58. The first kappa shape index (κ1) is 21.2. The predicted octanol–water partition coefficient (Wildman–Crippen LogP) is 5.12. The molecule has 0 aromatic heterocycles. The average Bonchev–Trinajstić information content (AvgIpc) is 2.49. The Balaban J connectivity index is 3.22. The largest absolute Gasteiger partial charge is 0.478 e. The summed E-state index contributed by atoms with van der Waals surface area (Å²) in [5, 5.41) is 16.9. The van der Waals surface area contributed by atoms with Crippen LogP contribution < -0.4 is 0 Å². The molecule has 0 amide bonds. The van der Waals surface area contributed by atoms with E-state index in [0.717, 1.165) is 51.4 Å². The van der Waals surface area contributed by atoms with Crippen LogP contribution in [0.5, 0.6) is 0 Å². The molecule has 130 valence electrons. The van der Waals surface area contributed by atoms with Crippen LogP contribution in [0.3, 0.4) is 0 Å². The van der Waals surface area contributed by atoms with Gasteiger partial charge in [0.15, 0.2) is 0 Å².